The highest BCUT2D eigenvalue weighted by Crippen LogP contribution is 2.49. The first kappa shape index (κ1) is 10.4. The van der Waals surface area contributed by atoms with Gasteiger partial charge in [-0.25, -0.2) is 0 Å². The third-order valence-corrected chi connectivity index (χ3v) is 3.45. The van der Waals surface area contributed by atoms with Crippen molar-refractivity contribution >= 4 is 17.5 Å². The van der Waals surface area contributed by atoms with Gasteiger partial charge in [-0.15, -0.1) is 11.6 Å². The van der Waals surface area contributed by atoms with Crippen LogP contribution in [-0.2, 0) is 11.3 Å². The molecule has 2 unspecified atom stereocenters. The predicted molar refractivity (Wildman–Crippen MR) is 58.4 cm³/mol. The summed E-state index contributed by atoms with van der Waals surface area (Å²) in [7, 11) is 0. The zero-order chi connectivity index (χ0) is 10.9. The smallest absolute Gasteiger partial charge is 0.227 e. The Morgan fingerprint density at radius 2 is 2.47 bits per heavy atom. The van der Waals surface area contributed by atoms with E-state index in [1.165, 1.54) is 0 Å². The minimum Gasteiger partial charge on any atom is -0.350 e. The molecule has 3 nitrogen and oxygen atoms in total. The molecule has 1 aromatic heterocycles. The molecule has 1 heterocycles. The van der Waals surface area contributed by atoms with Gasteiger partial charge in [-0.1, -0.05) is 6.07 Å². The maximum atomic E-state index is 11.7. The van der Waals surface area contributed by atoms with Crippen LogP contribution in [0.3, 0.4) is 0 Å². The van der Waals surface area contributed by atoms with Crippen LogP contribution in [0.15, 0.2) is 24.4 Å². The van der Waals surface area contributed by atoms with Crippen molar-refractivity contribution in [2.24, 2.45) is 5.41 Å². The van der Waals surface area contributed by atoms with Gasteiger partial charge >= 0.3 is 0 Å². The van der Waals surface area contributed by atoms with E-state index in [9.17, 15) is 4.79 Å². The number of hydrogen-bond acceptors (Lipinski definition) is 2. The van der Waals surface area contributed by atoms with Gasteiger partial charge in [0.15, 0.2) is 0 Å². The molecule has 1 amide bonds. The topological polar surface area (TPSA) is 42.0 Å². The lowest BCUT2D eigenvalue weighted by atomic mass is 10.1. The largest absolute Gasteiger partial charge is 0.350 e. The normalized spacial score (nSPS) is 28.5. The van der Waals surface area contributed by atoms with E-state index >= 15 is 0 Å². The summed E-state index contributed by atoms with van der Waals surface area (Å²) in [5.41, 5.74) is 0.497. The van der Waals surface area contributed by atoms with Crippen LogP contribution in [0.1, 0.15) is 19.0 Å². The first-order valence-electron chi connectivity index (χ1n) is 4.95. The fourth-order valence-corrected chi connectivity index (χ4v) is 1.84. The summed E-state index contributed by atoms with van der Waals surface area (Å²) in [5, 5.41) is 2.83. The Kier molecular flexibility index (Phi) is 2.65. The Morgan fingerprint density at radius 3 is 3.00 bits per heavy atom. The van der Waals surface area contributed by atoms with Gasteiger partial charge in [-0.3, -0.25) is 9.78 Å². The molecule has 2 atom stereocenters. The van der Waals surface area contributed by atoms with E-state index in [2.05, 4.69) is 10.3 Å². The van der Waals surface area contributed by atoms with Crippen molar-refractivity contribution in [3.8, 4) is 0 Å². The minimum atomic E-state index is -0.365. The van der Waals surface area contributed by atoms with Crippen molar-refractivity contribution in [2.75, 3.05) is 0 Å². The summed E-state index contributed by atoms with van der Waals surface area (Å²) in [4.78, 5) is 15.8. The average molecular weight is 225 g/mol. The number of nitrogens with zero attached hydrogens (tertiary/aromatic N) is 1. The van der Waals surface area contributed by atoms with Crippen LogP contribution in [-0.4, -0.2) is 16.3 Å². The zero-order valence-corrected chi connectivity index (χ0v) is 9.29. The molecule has 1 N–H and O–H groups in total. The third-order valence-electron chi connectivity index (χ3n) is 2.81. The number of nitrogens with one attached hydrogen (secondary N) is 1. The summed E-state index contributed by atoms with van der Waals surface area (Å²) in [5.74, 6) is 0.0214. The Balaban J connectivity index is 1.87. The Hall–Kier alpha value is -1.09. The standard InChI is InChI=1S/C11H13ClN2O/c1-11(6-9(11)12)10(15)14-7-8-4-2-3-5-13-8/h2-5,9H,6-7H2,1H3,(H,14,15). The quantitative estimate of drug-likeness (QED) is 0.795. The van der Waals surface area contributed by atoms with Gasteiger partial charge in [0, 0.05) is 11.6 Å². The molecule has 4 heteroatoms. The lowest BCUT2D eigenvalue weighted by Crippen LogP contribution is -2.31. The fraction of sp³-hybridized carbons (Fsp3) is 0.455. The molecule has 2 rings (SSSR count). The highest BCUT2D eigenvalue weighted by molar-refractivity contribution is 6.25. The molecule has 0 spiro atoms. The van der Waals surface area contributed by atoms with Crippen LogP contribution >= 0.6 is 11.6 Å². The monoisotopic (exact) mass is 224 g/mol. The van der Waals surface area contributed by atoms with E-state index in [0.29, 0.717) is 6.54 Å². The zero-order valence-electron chi connectivity index (χ0n) is 8.53. The van der Waals surface area contributed by atoms with Crippen LogP contribution in [0.2, 0.25) is 0 Å². The molecule has 0 radical (unpaired) electrons. The number of aromatic nitrogens is 1. The molecule has 1 aliphatic carbocycles. The maximum Gasteiger partial charge on any atom is 0.227 e. The van der Waals surface area contributed by atoms with E-state index in [4.69, 9.17) is 11.6 Å². The average Bonchev–Trinajstić information content (AvgIpc) is 2.86. The molecule has 15 heavy (non-hydrogen) atoms. The molecular weight excluding hydrogens is 212 g/mol. The van der Waals surface area contributed by atoms with Gasteiger partial charge in [-0.2, -0.15) is 0 Å². The number of halogens is 1. The second kappa shape index (κ2) is 3.81. The summed E-state index contributed by atoms with van der Waals surface area (Å²) in [6, 6.07) is 5.63. The van der Waals surface area contributed by atoms with Crippen LogP contribution in [0, 0.1) is 5.41 Å². The lowest BCUT2D eigenvalue weighted by molar-refractivity contribution is -0.125. The van der Waals surface area contributed by atoms with Gasteiger partial charge in [0.1, 0.15) is 0 Å². The van der Waals surface area contributed by atoms with Gasteiger partial charge in [0.2, 0.25) is 5.91 Å². The van der Waals surface area contributed by atoms with Crippen molar-refractivity contribution in [1.82, 2.24) is 10.3 Å². The minimum absolute atomic E-state index is 0.0127. The predicted octanol–water partition coefficient (Wildman–Crippen LogP) is 1.72. The first-order chi connectivity index (χ1) is 7.13. The van der Waals surface area contributed by atoms with Crippen molar-refractivity contribution in [3.05, 3.63) is 30.1 Å². The molecule has 1 saturated carbocycles. The first-order valence-corrected chi connectivity index (χ1v) is 5.39. The van der Waals surface area contributed by atoms with Crippen LogP contribution in [0.5, 0.6) is 0 Å². The summed E-state index contributed by atoms with van der Waals surface area (Å²) >= 11 is 5.89. The molecule has 0 saturated heterocycles. The van der Waals surface area contributed by atoms with Crippen molar-refractivity contribution in [2.45, 2.75) is 25.3 Å². The summed E-state index contributed by atoms with van der Waals surface area (Å²) in [6.07, 6.45) is 2.48. The molecule has 80 valence electrons. The Labute approximate surface area is 93.8 Å². The molecule has 0 aromatic carbocycles. The molecule has 0 aliphatic heterocycles. The molecule has 1 fully saturated rings. The van der Waals surface area contributed by atoms with E-state index in [-0.39, 0.29) is 16.7 Å². The van der Waals surface area contributed by atoms with Crippen molar-refractivity contribution in [3.63, 3.8) is 0 Å². The Bertz CT molecular complexity index is 368. The number of hydrogen-bond donors (Lipinski definition) is 1. The second-order valence-corrected chi connectivity index (χ2v) is 4.62. The SMILES string of the molecule is CC1(C(=O)NCc2ccccn2)CC1Cl. The maximum absolute atomic E-state index is 11.7. The van der Waals surface area contributed by atoms with E-state index in [1.807, 2.05) is 25.1 Å². The third kappa shape index (κ3) is 2.12. The van der Waals surface area contributed by atoms with Crippen molar-refractivity contribution < 1.29 is 4.79 Å². The summed E-state index contributed by atoms with van der Waals surface area (Å²) < 4.78 is 0. The van der Waals surface area contributed by atoms with Crippen LogP contribution in [0.25, 0.3) is 0 Å². The number of rotatable bonds is 3. The number of alkyl halides is 1. The molecular formula is C11H13ClN2O. The molecule has 0 bridgehead atoms. The van der Waals surface area contributed by atoms with Gasteiger partial charge in [-0.05, 0) is 25.5 Å². The van der Waals surface area contributed by atoms with Crippen LogP contribution in [0.4, 0.5) is 0 Å². The number of carbonyl (C=O) groups excluding carboxylic acids is 1. The van der Waals surface area contributed by atoms with Gasteiger partial charge in [0.05, 0.1) is 17.7 Å². The van der Waals surface area contributed by atoms with E-state index in [1.54, 1.807) is 6.20 Å². The van der Waals surface area contributed by atoms with E-state index < -0.39 is 0 Å². The van der Waals surface area contributed by atoms with Gasteiger partial charge < -0.3 is 5.32 Å². The fourth-order valence-electron chi connectivity index (χ4n) is 1.42. The highest BCUT2D eigenvalue weighted by atomic mass is 35.5. The molecule has 1 aromatic rings. The number of amides is 1. The van der Waals surface area contributed by atoms with Gasteiger partial charge in [0.25, 0.3) is 0 Å². The van der Waals surface area contributed by atoms with Crippen LogP contribution < -0.4 is 5.32 Å². The van der Waals surface area contributed by atoms with Crippen molar-refractivity contribution in [1.29, 1.82) is 0 Å². The van der Waals surface area contributed by atoms with E-state index in [0.717, 1.165) is 12.1 Å². The highest BCUT2D eigenvalue weighted by Gasteiger charge is 2.55. The summed E-state index contributed by atoms with van der Waals surface area (Å²) in [6.45, 7) is 2.36. The Morgan fingerprint density at radius 1 is 1.73 bits per heavy atom. The molecule has 1 aliphatic rings. The number of carbonyl (C=O) groups is 1. The lowest BCUT2D eigenvalue weighted by Gasteiger charge is -2.09. The number of pyridine rings is 1. The second-order valence-electron chi connectivity index (χ2n) is 4.09.